The molecule has 0 amide bonds. The fourth-order valence-electron chi connectivity index (χ4n) is 1.41. The van der Waals surface area contributed by atoms with E-state index >= 15 is 0 Å². The molecule has 5 nitrogen and oxygen atoms in total. The standard InChI is InChI=1S/C10H25N2O3P/c1-10(2)8-6-4-3-5-7-9-15-16(13,14)12-11/h10H,3-9,11H2,1-2H3,(H2,12,13,14). The van der Waals surface area contributed by atoms with Crippen molar-refractivity contribution in [1.29, 1.82) is 0 Å². The molecule has 0 rings (SSSR count). The summed E-state index contributed by atoms with van der Waals surface area (Å²) in [7, 11) is -3.72. The molecule has 16 heavy (non-hydrogen) atoms. The molecule has 0 aromatic heterocycles. The third kappa shape index (κ3) is 10.6. The van der Waals surface area contributed by atoms with Crippen LogP contribution in [0.25, 0.3) is 0 Å². The van der Waals surface area contributed by atoms with Gasteiger partial charge in [-0.1, -0.05) is 46.0 Å². The molecule has 0 heterocycles. The quantitative estimate of drug-likeness (QED) is 0.241. The first-order valence-electron chi connectivity index (χ1n) is 5.93. The van der Waals surface area contributed by atoms with Crippen LogP contribution in [-0.4, -0.2) is 11.5 Å². The maximum absolute atomic E-state index is 10.9. The van der Waals surface area contributed by atoms with Crippen molar-refractivity contribution >= 4 is 7.75 Å². The molecule has 0 aliphatic heterocycles. The van der Waals surface area contributed by atoms with E-state index in [1.54, 1.807) is 5.20 Å². The van der Waals surface area contributed by atoms with E-state index in [1.165, 1.54) is 19.3 Å². The largest absolute Gasteiger partial charge is 0.416 e. The molecule has 0 aliphatic carbocycles. The number of nitrogens with one attached hydrogen (secondary N) is 1. The summed E-state index contributed by atoms with van der Waals surface area (Å²) in [5, 5.41) is 1.75. The molecular formula is C10H25N2O3P. The zero-order valence-electron chi connectivity index (χ0n) is 10.3. The van der Waals surface area contributed by atoms with Crippen molar-refractivity contribution in [3.8, 4) is 0 Å². The van der Waals surface area contributed by atoms with E-state index in [0.717, 1.165) is 25.2 Å². The highest BCUT2D eigenvalue weighted by atomic mass is 31.2. The predicted molar refractivity (Wildman–Crippen MR) is 65.6 cm³/mol. The average molecular weight is 252 g/mol. The lowest BCUT2D eigenvalue weighted by Crippen LogP contribution is -2.19. The molecule has 0 aromatic carbocycles. The minimum Gasteiger partial charge on any atom is -0.312 e. The van der Waals surface area contributed by atoms with Gasteiger partial charge in [0, 0.05) is 0 Å². The molecule has 0 spiro atoms. The van der Waals surface area contributed by atoms with E-state index in [4.69, 9.17) is 15.3 Å². The first-order chi connectivity index (χ1) is 7.48. The van der Waals surface area contributed by atoms with Crippen LogP contribution in [0.5, 0.6) is 0 Å². The maximum atomic E-state index is 10.9. The van der Waals surface area contributed by atoms with Crippen LogP contribution in [-0.2, 0) is 9.09 Å². The Hall–Kier alpha value is 0.0700. The second-order valence-corrected chi connectivity index (χ2v) is 5.99. The summed E-state index contributed by atoms with van der Waals surface area (Å²) in [6.45, 7) is 4.74. The lowest BCUT2D eigenvalue weighted by Gasteiger charge is -2.09. The van der Waals surface area contributed by atoms with Gasteiger partial charge >= 0.3 is 7.75 Å². The number of rotatable bonds is 10. The van der Waals surface area contributed by atoms with E-state index in [1.807, 2.05) is 0 Å². The molecule has 98 valence electrons. The number of hydrogen-bond acceptors (Lipinski definition) is 3. The van der Waals surface area contributed by atoms with Crippen LogP contribution in [0.4, 0.5) is 0 Å². The Morgan fingerprint density at radius 1 is 1.25 bits per heavy atom. The van der Waals surface area contributed by atoms with E-state index in [2.05, 4.69) is 13.8 Å². The highest BCUT2D eigenvalue weighted by molar-refractivity contribution is 7.50. The topological polar surface area (TPSA) is 84.6 Å². The highest BCUT2D eigenvalue weighted by Gasteiger charge is 2.15. The van der Waals surface area contributed by atoms with Gasteiger partial charge < -0.3 is 4.89 Å². The summed E-state index contributed by atoms with van der Waals surface area (Å²) in [5.74, 6) is 5.60. The van der Waals surface area contributed by atoms with E-state index in [0.29, 0.717) is 0 Å². The normalized spacial score (nSPS) is 15.3. The van der Waals surface area contributed by atoms with Gasteiger partial charge in [-0.15, -0.1) is 0 Å². The van der Waals surface area contributed by atoms with Gasteiger partial charge in [-0.2, -0.15) is 5.20 Å². The van der Waals surface area contributed by atoms with Gasteiger partial charge in [-0.25, -0.2) is 4.57 Å². The minimum atomic E-state index is -3.72. The molecule has 1 unspecified atom stereocenters. The summed E-state index contributed by atoms with van der Waals surface area (Å²) in [5.41, 5.74) is 0. The van der Waals surface area contributed by atoms with Gasteiger partial charge in [0.05, 0.1) is 6.61 Å². The average Bonchev–Trinajstić information content (AvgIpc) is 2.21. The van der Waals surface area contributed by atoms with Gasteiger partial charge in [0.25, 0.3) is 0 Å². The number of unbranched alkanes of at least 4 members (excludes halogenated alkanes) is 4. The summed E-state index contributed by atoms with van der Waals surface area (Å²) in [6, 6.07) is 0. The van der Waals surface area contributed by atoms with Crippen molar-refractivity contribution in [2.45, 2.75) is 52.4 Å². The molecule has 6 heteroatoms. The van der Waals surface area contributed by atoms with E-state index in [-0.39, 0.29) is 6.61 Å². The van der Waals surface area contributed by atoms with Gasteiger partial charge in [-0.05, 0) is 12.3 Å². The van der Waals surface area contributed by atoms with Crippen molar-refractivity contribution < 1.29 is 14.0 Å². The maximum Gasteiger partial charge on any atom is 0.416 e. The summed E-state index contributed by atoms with van der Waals surface area (Å²) >= 11 is 0. The third-order valence-corrected chi connectivity index (χ3v) is 3.21. The Labute approximate surface area is 98.3 Å². The summed E-state index contributed by atoms with van der Waals surface area (Å²) in [6.07, 6.45) is 6.75. The first-order valence-corrected chi connectivity index (χ1v) is 7.51. The van der Waals surface area contributed by atoms with Gasteiger partial charge in [-0.3, -0.25) is 10.4 Å². The van der Waals surface area contributed by atoms with Crippen LogP contribution in [0.2, 0.25) is 0 Å². The van der Waals surface area contributed by atoms with Crippen molar-refractivity contribution in [3.63, 3.8) is 0 Å². The first kappa shape index (κ1) is 16.1. The SMILES string of the molecule is CC(C)CCCCCCCOP(=O)(O)NN. The highest BCUT2D eigenvalue weighted by Crippen LogP contribution is 2.34. The Morgan fingerprint density at radius 3 is 2.38 bits per heavy atom. The third-order valence-electron chi connectivity index (χ3n) is 2.36. The number of hydrazine groups is 1. The second kappa shape index (κ2) is 9.14. The Morgan fingerprint density at radius 2 is 1.81 bits per heavy atom. The molecule has 0 aliphatic rings. The Kier molecular flexibility index (Phi) is 9.18. The molecule has 0 bridgehead atoms. The van der Waals surface area contributed by atoms with Gasteiger partial charge in [0.1, 0.15) is 0 Å². The Balaban J connectivity index is 3.19. The van der Waals surface area contributed by atoms with Crippen molar-refractivity contribution in [2.75, 3.05) is 6.61 Å². The summed E-state index contributed by atoms with van der Waals surface area (Å²) < 4.78 is 15.6. The molecule has 1 atom stereocenters. The van der Waals surface area contributed by atoms with E-state index < -0.39 is 7.75 Å². The van der Waals surface area contributed by atoms with Crippen LogP contribution >= 0.6 is 7.75 Å². The van der Waals surface area contributed by atoms with Crippen LogP contribution in [0.1, 0.15) is 52.4 Å². The van der Waals surface area contributed by atoms with Gasteiger partial charge in [0.15, 0.2) is 0 Å². The molecule has 0 radical (unpaired) electrons. The zero-order valence-corrected chi connectivity index (χ0v) is 11.2. The minimum absolute atomic E-state index is 0.280. The van der Waals surface area contributed by atoms with Crippen LogP contribution in [0, 0.1) is 5.92 Å². The molecule has 0 saturated carbocycles. The fraction of sp³-hybridized carbons (Fsp3) is 1.00. The molecular weight excluding hydrogens is 227 g/mol. The zero-order chi connectivity index (χ0) is 12.4. The monoisotopic (exact) mass is 252 g/mol. The molecule has 0 saturated heterocycles. The smallest absolute Gasteiger partial charge is 0.312 e. The lowest BCUT2D eigenvalue weighted by atomic mass is 10.0. The Bertz CT molecular complexity index is 212. The van der Waals surface area contributed by atoms with Crippen LogP contribution in [0.3, 0.4) is 0 Å². The molecule has 0 aromatic rings. The number of nitrogens with two attached hydrogens (primary N) is 1. The number of hydrogen-bond donors (Lipinski definition) is 3. The lowest BCUT2D eigenvalue weighted by molar-refractivity contribution is 0.243. The predicted octanol–water partition coefficient (Wildman–Crippen LogP) is 2.56. The van der Waals surface area contributed by atoms with Crippen LogP contribution < -0.4 is 11.0 Å². The van der Waals surface area contributed by atoms with E-state index in [9.17, 15) is 4.57 Å². The van der Waals surface area contributed by atoms with Crippen molar-refractivity contribution in [1.82, 2.24) is 5.20 Å². The van der Waals surface area contributed by atoms with Crippen molar-refractivity contribution in [3.05, 3.63) is 0 Å². The van der Waals surface area contributed by atoms with Gasteiger partial charge in [0.2, 0.25) is 0 Å². The summed E-state index contributed by atoms with van der Waals surface area (Å²) in [4.78, 5) is 8.92. The van der Waals surface area contributed by atoms with Crippen molar-refractivity contribution in [2.24, 2.45) is 11.8 Å². The molecule has 0 fully saturated rings. The second-order valence-electron chi connectivity index (χ2n) is 4.43. The molecule has 4 N–H and O–H groups in total. The van der Waals surface area contributed by atoms with Crippen LogP contribution in [0.15, 0.2) is 0 Å². The fourth-order valence-corrected chi connectivity index (χ4v) is 1.86.